The van der Waals surface area contributed by atoms with Gasteiger partial charge in [0.25, 0.3) is 0 Å². The molecular formula is C14H15BrF2. The first kappa shape index (κ1) is 11.6. The van der Waals surface area contributed by atoms with Crippen molar-refractivity contribution >= 4 is 15.9 Å². The van der Waals surface area contributed by atoms with Crippen LogP contribution in [0.5, 0.6) is 0 Å². The Balaban J connectivity index is 1.81. The monoisotopic (exact) mass is 300 g/mol. The number of rotatable bonds is 3. The summed E-state index contributed by atoms with van der Waals surface area (Å²) in [6, 6.07) is 3.95. The fourth-order valence-electron chi connectivity index (χ4n) is 3.38. The molecule has 1 aromatic rings. The molecule has 0 nitrogen and oxygen atoms in total. The van der Waals surface area contributed by atoms with Crippen LogP contribution < -0.4 is 0 Å². The average molecular weight is 301 g/mol. The van der Waals surface area contributed by atoms with Crippen LogP contribution in [0.4, 0.5) is 8.78 Å². The standard InChI is InChI=1S/C14H15BrF2/c15-8-14(6-10-3-11(10)7-14)5-9-1-2-12(16)4-13(9)17/h1-2,4,10-11H,3,5-8H2. The van der Waals surface area contributed by atoms with Crippen LogP contribution in [0.25, 0.3) is 0 Å². The molecule has 0 radical (unpaired) electrons. The van der Waals surface area contributed by atoms with Crippen molar-refractivity contribution in [2.45, 2.75) is 25.7 Å². The van der Waals surface area contributed by atoms with E-state index in [9.17, 15) is 8.78 Å². The third-order valence-corrected chi connectivity index (χ3v) is 5.51. The summed E-state index contributed by atoms with van der Waals surface area (Å²) in [7, 11) is 0. The third-order valence-electron chi connectivity index (χ3n) is 4.32. The molecule has 2 aliphatic rings. The van der Waals surface area contributed by atoms with Crippen LogP contribution in [0.3, 0.4) is 0 Å². The predicted octanol–water partition coefficient (Wildman–Crippen LogP) is 4.32. The summed E-state index contributed by atoms with van der Waals surface area (Å²) in [6.45, 7) is 0. The van der Waals surface area contributed by atoms with Gasteiger partial charge in [-0.3, -0.25) is 0 Å². The predicted molar refractivity (Wildman–Crippen MR) is 67.1 cm³/mol. The number of hydrogen-bond donors (Lipinski definition) is 0. The van der Waals surface area contributed by atoms with Gasteiger partial charge in [-0.05, 0) is 54.6 Å². The number of benzene rings is 1. The molecule has 0 N–H and O–H groups in total. The largest absolute Gasteiger partial charge is 0.207 e. The Morgan fingerprint density at radius 1 is 1.24 bits per heavy atom. The third kappa shape index (κ3) is 2.14. The van der Waals surface area contributed by atoms with Crippen LogP contribution in [0, 0.1) is 28.9 Å². The second kappa shape index (κ2) is 4.04. The molecule has 1 aromatic carbocycles. The number of fused-ring (bicyclic) bond motifs is 1. The highest BCUT2D eigenvalue weighted by Crippen LogP contribution is 2.61. The fraction of sp³-hybridized carbons (Fsp3) is 0.571. The van der Waals surface area contributed by atoms with Gasteiger partial charge in [0.2, 0.25) is 0 Å². The molecule has 0 heterocycles. The van der Waals surface area contributed by atoms with Crippen molar-refractivity contribution in [3.05, 3.63) is 35.4 Å². The molecule has 3 rings (SSSR count). The Morgan fingerprint density at radius 2 is 1.94 bits per heavy atom. The summed E-state index contributed by atoms with van der Waals surface area (Å²) in [5.74, 6) is 0.853. The minimum Gasteiger partial charge on any atom is -0.207 e. The first-order chi connectivity index (χ1) is 8.12. The van der Waals surface area contributed by atoms with Crippen LogP contribution in [-0.4, -0.2) is 5.33 Å². The molecule has 2 unspecified atom stereocenters. The molecule has 3 heteroatoms. The molecule has 92 valence electrons. The van der Waals surface area contributed by atoms with Crippen molar-refractivity contribution < 1.29 is 8.78 Å². The molecule has 0 saturated heterocycles. The Hall–Kier alpha value is -0.440. The lowest BCUT2D eigenvalue weighted by Gasteiger charge is -2.29. The van der Waals surface area contributed by atoms with E-state index in [1.807, 2.05) is 0 Å². The summed E-state index contributed by atoms with van der Waals surface area (Å²) in [5.41, 5.74) is 0.860. The van der Waals surface area contributed by atoms with Crippen molar-refractivity contribution in [3.8, 4) is 0 Å². The lowest BCUT2D eigenvalue weighted by atomic mass is 9.79. The van der Waals surface area contributed by atoms with Gasteiger partial charge in [-0.2, -0.15) is 0 Å². The van der Waals surface area contributed by atoms with Gasteiger partial charge >= 0.3 is 0 Å². The SMILES string of the molecule is Fc1ccc(CC2(CBr)CC3CC3C2)c(F)c1. The van der Waals surface area contributed by atoms with Crippen LogP contribution in [-0.2, 0) is 6.42 Å². The maximum absolute atomic E-state index is 13.7. The van der Waals surface area contributed by atoms with Gasteiger partial charge in [-0.1, -0.05) is 22.0 Å². The van der Waals surface area contributed by atoms with E-state index >= 15 is 0 Å². The number of hydrogen-bond acceptors (Lipinski definition) is 0. The molecule has 2 atom stereocenters. The quantitative estimate of drug-likeness (QED) is 0.729. The molecular weight excluding hydrogens is 286 g/mol. The van der Waals surface area contributed by atoms with Crippen LogP contribution >= 0.6 is 15.9 Å². The van der Waals surface area contributed by atoms with Crippen LogP contribution in [0.2, 0.25) is 0 Å². The van der Waals surface area contributed by atoms with Gasteiger partial charge in [-0.25, -0.2) is 8.78 Å². The van der Waals surface area contributed by atoms with Gasteiger partial charge in [0, 0.05) is 11.4 Å². The molecule has 17 heavy (non-hydrogen) atoms. The lowest BCUT2D eigenvalue weighted by molar-refractivity contribution is 0.304. The highest BCUT2D eigenvalue weighted by molar-refractivity contribution is 9.09. The van der Waals surface area contributed by atoms with Crippen molar-refractivity contribution in [1.82, 2.24) is 0 Å². The molecule has 2 fully saturated rings. The van der Waals surface area contributed by atoms with Crippen molar-refractivity contribution in [3.63, 3.8) is 0 Å². The van der Waals surface area contributed by atoms with Crippen molar-refractivity contribution in [1.29, 1.82) is 0 Å². The summed E-state index contributed by atoms with van der Waals surface area (Å²) >= 11 is 3.58. The first-order valence-corrected chi connectivity index (χ1v) is 7.24. The minimum absolute atomic E-state index is 0.201. The minimum atomic E-state index is -0.492. The van der Waals surface area contributed by atoms with E-state index in [2.05, 4.69) is 15.9 Å². The Bertz CT molecular complexity index is 434. The van der Waals surface area contributed by atoms with E-state index in [4.69, 9.17) is 0 Å². The van der Waals surface area contributed by atoms with Gasteiger partial charge in [-0.15, -0.1) is 0 Å². The molecule has 0 aliphatic heterocycles. The Morgan fingerprint density at radius 3 is 2.53 bits per heavy atom. The van der Waals surface area contributed by atoms with E-state index in [1.165, 1.54) is 25.3 Å². The molecule has 2 aliphatic carbocycles. The van der Waals surface area contributed by atoms with Gasteiger partial charge in [0.15, 0.2) is 0 Å². The number of halogens is 3. The summed E-state index contributed by atoms with van der Waals surface area (Å²) < 4.78 is 26.5. The second-order valence-electron chi connectivity index (χ2n) is 5.71. The smallest absolute Gasteiger partial charge is 0.129 e. The molecule has 0 spiro atoms. The molecule has 2 saturated carbocycles. The zero-order valence-electron chi connectivity index (χ0n) is 9.56. The van der Waals surface area contributed by atoms with E-state index < -0.39 is 11.6 Å². The van der Waals surface area contributed by atoms with Crippen LogP contribution in [0.15, 0.2) is 18.2 Å². The van der Waals surface area contributed by atoms with Crippen LogP contribution in [0.1, 0.15) is 24.8 Å². The van der Waals surface area contributed by atoms with Gasteiger partial charge in [0.1, 0.15) is 11.6 Å². The highest BCUT2D eigenvalue weighted by atomic mass is 79.9. The number of alkyl halides is 1. The fourth-order valence-corrected chi connectivity index (χ4v) is 4.03. The Labute approximate surface area is 109 Å². The van der Waals surface area contributed by atoms with E-state index in [-0.39, 0.29) is 5.41 Å². The highest BCUT2D eigenvalue weighted by Gasteiger charge is 2.53. The zero-order chi connectivity index (χ0) is 12.0. The Kier molecular flexibility index (Phi) is 2.77. The summed E-state index contributed by atoms with van der Waals surface area (Å²) in [4.78, 5) is 0. The maximum atomic E-state index is 13.7. The lowest BCUT2D eigenvalue weighted by Crippen LogP contribution is -2.24. The van der Waals surface area contributed by atoms with E-state index in [0.29, 0.717) is 5.56 Å². The van der Waals surface area contributed by atoms with E-state index in [1.54, 1.807) is 6.07 Å². The second-order valence-corrected chi connectivity index (χ2v) is 6.27. The molecule has 0 aromatic heterocycles. The average Bonchev–Trinajstić information content (AvgIpc) is 2.91. The normalized spacial score (nSPS) is 34.8. The zero-order valence-corrected chi connectivity index (χ0v) is 11.1. The topological polar surface area (TPSA) is 0 Å². The summed E-state index contributed by atoms with van der Waals surface area (Å²) in [6.07, 6.45) is 4.48. The van der Waals surface area contributed by atoms with Gasteiger partial charge < -0.3 is 0 Å². The summed E-state index contributed by atoms with van der Waals surface area (Å²) in [5, 5.41) is 0.920. The van der Waals surface area contributed by atoms with Crippen molar-refractivity contribution in [2.24, 2.45) is 17.3 Å². The molecule has 0 amide bonds. The van der Waals surface area contributed by atoms with Gasteiger partial charge in [0.05, 0.1) is 0 Å². The maximum Gasteiger partial charge on any atom is 0.129 e. The van der Waals surface area contributed by atoms with E-state index in [0.717, 1.165) is 29.7 Å². The van der Waals surface area contributed by atoms with Crippen molar-refractivity contribution in [2.75, 3.05) is 5.33 Å². The first-order valence-electron chi connectivity index (χ1n) is 6.12. The molecule has 0 bridgehead atoms.